The molecule has 0 amide bonds. The maximum atomic E-state index is 12.1. The predicted octanol–water partition coefficient (Wildman–Crippen LogP) is 2.01. The average Bonchev–Trinajstić information content (AvgIpc) is 3.26. The Balaban J connectivity index is 1.71. The fraction of sp³-hybridized carbons (Fsp3) is 0.375. The fourth-order valence-electron chi connectivity index (χ4n) is 3.21. The van der Waals surface area contributed by atoms with E-state index in [0.717, 1.165) is 0 Å². The lowest BCUT2D eigenvalue weighted by molar-refractivity contribution is 0.0719. The summed E-state index contributed by atoms with van der Waals surface area (Å²) in [6, 6.07) is 3.82. The van der Waals surface area contributed by atoms with Gasteiger partial charge in [-0.15, -0.1) is 0 Å². The van der Waals surface area contributed by atoms with Crippen molar-refractivity contribution >= 4 is 32.7 Å². The molecule has 0 aromatic carbocycles. The van der Waals surface area contributed by atoms with E-state index < -0.39 is 15.6 Å². The molecular weight excluding hydrogens is 392 g/mol. The van der Waals surface area contributed by atoms with E-state index >= 15 is 0 Å². The minimum Gasteiger partial charge on any atom is -0.460 e. The van der Waals surface area contributed by atoms with Crippen LogP contribution in [0.15, 0.2) is 29.1 Å². The topological polar surface area (TPSA) is 118 Å². The zero-order chi connectivity index (χ0) is 19.2. The Morgan fingerprint density at radius 1 is 1.41 bits per heavy atom. The van der Waals surface area contributed by atoms with Gasteiger partial charge in [-0.25, -0.2) is 18.4 Å². The van der Waals surface area contributed by atoms with Crippen molar-refractivity contribution in [3.63, 3.8) is 0 Å². The van der Waals surface area contributed by atoms with E-state index in [1.165, 1.54) is 10.6 Å². The van der Waals surface area contributed by atoms with Crippen LogP contribution in [0.25, 0.3) is 22.4 Å². The summed E-state index contributed by atoms with van der Waals surface area (Å²) in [5.74, 6) is 0.0237. The second-order valence-corrected chi connectivity index (χ2v) is 8.97. The number of nitrogens with zero attached hydrogens (tertiary/aromatic N) is 6. The van der Waals surface area contributed by atoms with Crippen molar-refractivity contribution in [1.82, 2.24) is 24.1 Å². The highest BCUT2D eigenvalue weighted by Gasteiger charge is 2.49. The van der Waals surface area contributed by atoms with Gasteiger partial charge in [0.1, 0.15) is 16.7 Å². The van der Waals surface area contributed by atoms with E-state index in [4.69, 9.17) is 16.0 Å². The van der Waals surface area contributed by atoms with Gasteiger partial charge in [-0.1, -0.05) is 0 Å². The van der Waals surface area contributed by atoms with Gasteiger partial charge in [0.15, 0.2) is 5.58 Å². The summed E-state index contributed by atoms with van der Waals surface area (Å²) in [5.41, 5.74) is 1.50. The second kappa shape index (κ2) is 6.30. The van der Waals surface area contributed by atoms with E-state index in [-0.39, 0.29) is 30.5 Å². The largest absolute Gasteiger partial charge is 0.460 e. The molecule has 0 aliphatic carbocycles. The molecule has 27 heavy (non-hydrogen) atoms. The number of hydrogen-bond acceptors (Lipinski definition) is 7. The van der Waals surface area contributed by atoms with Gasteiger partial charge in [0.05, 0.1) is 30.7 Å². The van der Waals surface area contributed by atoms with Gasteiger partial charge in [-0.3, -0.25) is 4.68 Å². The molecule has 4 rings (SSSR count). The highest BCUT2D eigenvalue weighted by atomic mass is 35.5. The lowest BCUT2D eigenvalue weighted by Crippen LogP contribution is -2.64. The Morgan fingerprint density at radius 2 is 2.19 bits per heavy atom. The van der Waals surface area contributed by atoms with Crippen LogP contribution in [0.1, 0.15) is 13.3 Å². The monoisotopic (exact) mass is 406 g/mol. The molecule has 1 saturated heterocycles. The van der Waals surface area contributed by atoms with E-state index in [1.807, 2.05) is 0 Å². The van der Waals surface area contributed by atoms with E-state index in [9.17, 15) is 13.7 Å². The maximum Gasteiger partial charge on any atom is 0.223 e. The minimum absolute atomic E-state index is 0.0237. The van der Waals surface area contributed by atoms with Gasteiger partial charge >= 0.3 is 0 Å². The second-order valence-electron chi connectivity index (χ2n) is 6.38. The van der Waals surface area contributed by atoms with Crippen molar-refractivity contribution in [1.29, 1.82) is 5.26 Å². The predicted molar refractivity (Wildman–Crippen MR) is 97.3 cm³/mol. The number of nitriles is 1. The van der Waals surface area contributed by atoms with Crippen LogP contribution in [0, 0.1) is 11.3 Å². The van der Waals surface area contributed by atoms with Crippen LogP contribution >= 0.6 is 11.6 Å². The minimum atomic E-state index is -3.30. The third-order valence-corrected chi connectivity index (χ3v) is 6.67. The Labute approximate surface area is 160 Å². The summed E-state index contributed by atoms with van der Waals surface area (Å²) in [7, 11) is -3.30. The SMILES string of the molecule is CCS(=O)(=O)N1CC(CC#N)(n2cc(-c3nc(Cl)nc4ccoc34)cn2)C1. The molecule has 0 unspecified atom stereocenters. The molecule has 0 radical (unpaired) electrons. The van der Waals surface area contributed by atoms with Crippen molar-refractivity contribution in [2.45, 2.75) is 18.9 Å². The molecular formula is C16H15ClN6O3S. The molecule has 0 atom stereocenters. The van der Waals surface area contributed by atoms with Crippen molar-refractivity contribution in [3.8, 4) is 17.3 Å². The zero-order valence-electron chi connectivity index (χ0n) is 14.3. The Hall–Kier alpha value is -2.48. The van der Waals surface area contributed by atoms with Gasteiger partial charge in [0, 0.05) is 30.9 Å². The molecule has 0 spiro atoms. The third-order valence-electron chi connectivity index (χ3n) is 4.73. The molecule has 11 heteroatoms. The molecule has 0 N–H and O–H groups in total. The molecule has 0 bridgehead atoms. The summed E-state index contributed by atoms with van der Waals surface area (Å²) >= 11 is 5.99. The van der Waals surface area contributed by atoms with Crippen LogP contribution in [-0.2, 0) is 15.6 Å². The lowest BCUT2D eigenvalue weighted by atomic mass is 9.89. The summed E-state index contributed by atoms with van der Waals surface area (Å²) in [6.07, 6.45) is 4.97. The standard InChI is InChI=1S/C16H15ClN6O3S/c1-2-27(24,25)22-9-16(10-22,4-5-18)23-8-11(7-19-23)13-14-12(3-6-26-14)20-15(17)21-13/h3,6-8H,2,4,9-10H2,1H3. The molecule has 1 fully saturated rings. The summed E-state index contributed by atoms with van der Waals surface area (Å²) in [5, 5.41) is 13.7. The van der Waals surface area contributed by atoms with E-state index in [0.29, 0.717) is 22.4 Å². The Kier molecular flexibility index (Phi) is 4.18. The van der Waals surface area contributed by atoms with Crippen LogP contribution in [0.2, 0.25) is 5.28 Å². The van der Waals surface area contributed by atoms with Gasteiger partial charge in [0.25, 0.3) is 0 Å². The zero-order valence-corrected chi connectivity index (χ0v) is 15.9. The number of rotatable bonds is 5. The van der Waals surface area contributed by atoms with E-state index in [2.05, 4.69) is 21.1 Å². The number of aromatic nitrogens is 4. The maximum absolute atomic E-state index is 12.1. The van der Waals surface area contributed by atoms with Gasteiger partial charge in [-0.05, 0) is 18.5 Å². The Morgan fingerprint density at radius 3 is 2.89 bits per heavy atom. The number of sulfonamides is 1. The summed E-state index contributed by atoms with van der Waals surface area (Å²) in [4.78, 5) is 8.33. The number of furan rings is 1. The molecule has 0 saturated carbocycles. The van der Waals surface area contributed by atoms with Crippen molar-refractivity contribution < 1.29 is 12.8 Å². The molecule has 3 aromatic heterocycles. The number of hydrogen-bond donors (Lipinski definition) is 0. The van der Waals surface area contributed by atoms with Crippen molar-refractivity contribution in [3.05, 3.63) is 30.0 Å². The van der Waals surface area contributed by atoms with Crippen LogP contribution < -0.4 is 0 Å². The molecule has 4 heterocycles. The fourth-order valence-corrected chi connectivity index (χ4v) is 4.62. The lowest BCUT2D eigenvalue weighted by Gasteiger charge is -2.47. The first kappa shape index (κ1) is 17.9. The Bertz CT molecular complexity index is 1160. The normalized spacial score (nSPS) is 16.9. The molecule has 3 aromatic rings. The van der Waals surface area contributed by atoms with Crippen LogP contribution in [0.3, 0.4) is 0 Å². The first-order chi connectivity index (χ1) is 12.9. The first-order valence-corrected chi connectivity index (χ1v) is 10.2. The molecule has 1 aliphatic heterocycles. The average molecular weight is 407 g/mol. The van der Waals surface area contributed by atoms with Crippen LogP contribution in [0.4, 0.5) is 0 Å². The van der Waals surface area contributed by atoms with Gasteiger partial charge in [-0.2, -0.15) is 14.7 Å². The summed E-state index contributed by atoms with van der Waals surface area (Å²) in [6.45, 7) is 2.01. The van der Waals surface area contributed by atoms with Gasteiger partial charge in [0.2, 0.25) is 15.3 Å². The highest BCUT2D eigenvalue weighted by Crippen LogP contribution is 2.36. The van der Waals surface area contributed by atoms with Crippen LogP contribution in [0.5, 0.6) is 0 Å². The number of halogens is 1. The highest BCUT2D eigenvalue weighted by molar-refractivity contribution is 7.89. The molecule has 1 aliphatic rings. The molecule has 140 valence electrons. The molecule has 9 nitrogen and oxygen atoms in total. The third kappa shape index (κ3) is 2.88. The van der Waals surface area contributed by atoms with E-state index in [1.54, 1.807) is 30.1 Å². The van der Waals surface area contributed by atoms with Crippen molar-refractivity contribution in [2.75, 3.05) is 18.8 Å². The smallest absolute Gasteiger partial charge is 0.223 e. The number of fused-ring (bicyclic) bond motifs is 1. The van der Waals surface area contributed by atoms with Crippen LogP contribution in [-0.4, -0.2) is 51.3 Å². The van der Waals surface area contributed by atoms with Crippen molar-refractivity contribution in [2.24, 2.45) is 0 Å². The first-order valence-electron chi connectivity index (χ1n) is 8.19. The van der Waals surface area contributed by atoms with Gasteiger partial charge < -0.3 is 4.42 Å². The quantitative estimate of drug-likeness (QED) is 0.594. The summed E-state index contributed by atoms with van der Waals surface area (Å²) < 4.78 is 32.6.